The van der Waals surface area contributed by atoms with Crippen LogP contribution in [-0.2, 0) is 11.2 Å². The number of nitrogens with zero attached hydrogens (tertiary/aromatic N) is 2. The van der Waals surface area contributed by atoms with Crippen LogP contribution in [0.1, 0.15) is 16.1 Å². The third kappa shape index (κ3) is 3.65. The molecule has 0 spiro atoms. The first-order valence-corrected chi connectivity index (χ1v) is 7.74. The molecule has 0 fully saturated rings. The van der Waals surface area contributed by atoms with Crippen LogP contribution in [0.5, 0.6) is 0 Å². The zero-order valence-corrected chi connectivity index (χ0v) is 13.0. The number of carbonyl (C=O) groups is 2. The number of carbonyl (C=O) groups excluding carboxylic acids is 2. The van der Waals surface area contributed by atoms with E-state index in [0.717, 1.165) is 5.56 Å². The van der Waals surface area contributed by atoms with Crippen molar-refractivity contribution in [3.8, 4) is 11.5 Å². The van der Waals surface area contributed by atoms with E-state index in [0.29, 0.717) is 10.8 Å². The predicted molar refractivity (Wildman–Crippen MR) is 85.6 cm³/mol. The van der Waals surface area contributed by atoms with Gasteiger partial charge in [-0.1, -0.05) is 35.5 Å². The second-order valence-corrected chi connectivity index (χ2v) is 5.62. The van der Waals surface area contributed by atoms with Gasteiger partial charge in [-0.3, -0.25) is 14.8 Å². The first-order valence-electron chi connectivity index (χ1n) is 6.86. The predicted octanol–water partition coefficient (Wildman–Crippen LogP) is 2.10. The lowest BCUT2D eigenvalue weighted by molar-refractivity contribution is -0.115. The molecule has 0 aliphatic rings. The molecule has 0 aliphatic carbocycles. The zero-order chi connectivity index (χ0) is 16.9. The summed E-state index contributed by atoms with van der Waals surface area (Å²) in [5.74, 6) is -0.704. The molecule has 0 bridgehead atoms. The number of rotatable bonds is 5. The van der Waals surface area contributed by atoms with Gasteiger partial charge in [0.2, 0.25) is 5.91 Å². The third-order valence-electron chi connectivity index (χ3n) is 3.05. The minimum Gasteiger partial charge on any atom is -0.354 e. The first-order chi connectivity index (χ1) is 11.7. The van der Waals surface area contributed by atoms with Gasteiger partial charge in [-0.05, 0) is 5.56 Å². The highest BCUT2D eigenvalue weighted by Gasteiger charge is 2.16. The van der Waals surface area contributed by atoms with E-state index >= 15 is 0 Å². The molecule has 0 radical (unpaired) electrons. The summed E-state index contributed by atoms with van der Waals surface area (Å²) in [4.78, 5) is 27.4. The van der Waals surface area contributed by atoms with Crippen molar-refractivity contribution in [1.82, 2.24) is 15.6 Å². The number of benzene rings is 1. The van der Waals surface area contributed by atoms with Gasteiger partial charge in [-0.2, -0.15) is 0 Å². The number of anilines is 1. The summed E-state index contributed by atoms with van der Waals surface area (Å²) in [6.07, 6.45) is 0.249. The lowest BCUT2D eigenvalue weighted by atomic mass is 10.1. The highest BCUT2D eigenvalue weighted by molar-refractivity contribution is 7.14. The molecule has 0 aliphatic heterocycles. The monoisotopic (exact) mass is 344 g/mol. The Hall–Kier alpha value is -3.04. The van der Waals surface area contributed by atoms with Gasteiger partial charge in [0, 0.05) is 11.4 Å². The summed E-state index contributed by atoms with van der Waals surface area (Å²) in [6.45, 7) is 0. The molecule has 24 heavy (non-hydrogen) atoms. The van der Waals surface area contributed by atoms with Crippen LogP contribution in [0.3, 0.4) is 0 Å². The maximum absolute atomic E-state index is 12.0. The SMILES string of the molecule is O=C(Cc1ccccc1)Nc1nc(-c2cc(C(=O)NO)no2)cs1. The standard InChI is InChI=1S/C15H12N4O4S/c20-13(6-9-4-2-1-3-5-9)17-15-16-11(8-24-15)12-7-10(19-23-12)14(21)18-22/h1-5,7-8,22H,6H2,(H,18,21)(H,16,17,20). The van der Waals surface area contributed by atoms with Crippen LogP contribution >= 0.6 is 11.3 Å². The molecule has 8 nitrogen and oxygen atoms in total. The lowest BCUT2D eigenvalue weighted by Crippen LogP contribution is -2.18. The number of hydroxylamine groups is 1. The van der Waals surface area contributed by atoms with Crippen LogP contribution < -0.4 is 10.8 Å². The average molecular weight is 344 g/mol. The van der Waals surface area contributed by atoms with Crippen LogP contribution in [0, 0.1) is 0 Å². The molecule has 2 aromatic heterocycles. The minimum atomic E-state index is -0.781. The Bertz CT molecular complexity index is 859. The topological polar surface area (TPSA) is 117 Å². The van der Waals surface area contributed by atoms with Crippen molar-refractivity contribution >= 4 is 28.3 Å². The van der Waals surface area contributed by atoms with E-state index in [4.69, 9.17) is 9.73 Å². The quantitative estimate of drug-likeness (QED) is 0.482. The molecule has 9 heteroatoms. The Labute approximate surface area is 140 Å². The Morgan fingerprint density at radius 1 is 1.25 bits per heavy atom. The minimum absolute atomic E-state index is 0.0739. The van der Waals surface area contributed by atoms with Gasteiger partial charge in [-0.15, -0.1) is 11.3 Å². The highest BCUT2D eigenvalue weighted by atomic mass is 32.1. The highest BCUT2D eigenvalue weighted by Crippen LogP contribution is 2.25. The molecule has 2 heterocycles. The average Bonchev–Trinajstić information content (AvgIpc) is 3.24. The van der Waals surface area contributed by atoms with Crippen LogP contribution in [0.4, 0.5) is 5.13 Å². The number of hydrogen-bond donors (Lipinski definition) is 3. The van der Waals surface area contributed by atoms with E-state index < -0.39 is 5.91 Å². The Balaban J connectivity index is 1.66. The van der Waals surface area contributed by atoms with Gasteiger partial charge in [0.1, 0.15) is 5.69 Å². The van der Waals surface area contributed by atoms with Gasteiger partial charge in [0.05, 0.1) is 6.42 Å². The number of aromatic nitrogens is 2. The Morgan fingerprint density at radius 2 is 2.04 bits per heavy atom. The van der Waals surface area contributed by atoms with Crippen molar-refractivity contribution in [2.24, 2.45) is 0 Å². The van der Waals surface area contributed by atoms with Gasteiger partial charge >= 0.3 is 0 Å². The molecule has 2 amide bonds. The normalized spacial score (nSPS) is 10.4. The van der Waals surface area contributed by atoms with Crippen LogP contribution in [0.15, 0.2) is 46.3 Å². The molecule has 0 saturated carbocycles. The largest absolute Gasteiger partial charge is 0.354 e. The fourth-order valence-corrected chi connectivity index (χ4v) is 2.67. The number of nitrogens with one attached hydrogen (secondary N) is 2. The van der Waals surface area contributed by atoms with Gasteiger partial charge in [0.25, 0.3) is 5.91 Å². The van der Waals surface area contributed by atoms with Crippen molar-refractivity contribution in [3.05, 3.63) is 53.0 Å². The van der Waals surface area contributed by atoms with Gasteiger partial charge < -0.3 is 9.84 Å². The zero-order valence-electron chi connectivity index (χ0n) is 12.2. The second-order valence-electron chi connectivity index (χ2n) is 4.77. The molecule has 3 rings (SSSR count). The third-order valence-corrected chi connectivity index (χ3v) is 3.81. The smallest absolute Gasteiger partial charge is 0.296 e. The number of thiazole rings is 1. The van der Waals surface area contributed by atoms with E-state index in [1.54, 1.807) is 5.38 Å². The molecule has 1 aromatic carbocycles. The summed E-state index contributed by atoms with van der Waals surface area (Å²) in [5.41, 5.74) is 2.72. The summed E-state index contributed by atoms with van der Waals surface area (Å²) in [6, 6.07) is 10.7. The van der Waals surface area contributed by atoms with Crippen molar-refractivity contribution in [2.75, 3.05) is 5.32 Å². The maximum Gasteiger partial charge on any atom is 0.296 e. The fraction of sp³-hybridized carbons (Fsp3) is 0.0667. The van der Waals surface area contributed by atoms with Gasteiger partial charge in [0.15, 0.2) is 16.6 Å². The van der Waals surface area contributed by atoms with Crippen molar-refractivity contribution < 1.29 is 19.3 Å². The summed E-state index contributed by atoms with van der Waals surface area (Å²) < 4.78 is 5.00. The van der Waals surface area contributed by atoms with Gasteiger partial charge in [-0.25, -0.2) is 10.5 Å². The van der Waals surface area contributed by atoms with Crippen molar-refractivity contribution in [1.29, 1.82) is 0 Å². The molecule has 122 valence electrons. The molecule has 0 atom stereocenters. The van der Waals surface area contributed by atoms with E-state index in [1.165, 1.54) is 22.9 Å². The van der Waals surface area contributed by atoms with E-state index in [9.17, 15) is 9.59 Å². The summed E-state index contributed by atoms with van der Waals surface area (Å²) in [5, 5.41) is 16.9. The number of hydrogen-bond acceptors (Lipinski definition) is 7. The van der Waals surface area contributed by atoms with E-state index in [2.05, 4.69) is 15.5 Å². The lowest BCUT2D eigenvalue weighted by Gasteiger charge is -2.01. The first kappa shape index (κ1) is 15.8. The molecular formula is C15H12N4O4S. The molecule has 0 unspecified atom stereocenters. The van der Waals surface area contributed by atoms with Crippen LogP contribution in [-0.4, -0.2) is 27.2 Å². The van der Waals surface area contributed by atoms with Crippen LogP contribution in [0.2, 0.25) is 0 Å². The Kier molecular flexibility index (Phi) is 4.64. The van der Waals surface area contributed by atoms with Crippen molar-refractivity contribution in [3.63, 3.8) is 0 Å². The fourth-order valence-electron chi connectivity index (χ4n) is 1.95. The van der Waals surface area contributed by atoms with E-state index in [-0.39, 0.29) is 23.8 Å². The second kappa shape index (κ2) is 7.02. The number of amides is 2. The molecule has 3 N–H and O–H groups in total. The van der Waals surface area contributed by atoms with E-state index in [1.807, 2.05) is 30.3 Å². The van der Waals surface area contributed by atoms with Crippen molar-refractivity contribution in [2.45, 2.75) is 6.42 Å². The molecule has 0 saturated heterocycles. The summed E-state index contributed by atoms with van der Waals surface area (Å²) in [7, 11) is 0. The summed E-state index contributed by atoms with van der Waals surface area (Å²) >= 11 is 1.23. The maximum atomic E-state index is 12.0. The van der Waals surface area contributed by atoms with Crippen LogP contribution in [0.25, 0.3) is 11.5 Å². The molecule has 3 aromatic rings. The molecular weight excluding hydrogens is 332 g/mol. The Morgan fingerprint density at radius 3 is 2.79 bits per heavy atom.